The van der Waals surface area contributed by atoms with Gasteiger partial charge < -0.3 is 9.30 Å². The van der Waals surface area contributed by atoms with Gasteiger partial charge in [0, 0.05) is 16.2 Å². The van der Waals surface area contributed by atoms with Crippen LogP contribution in [0.5, 0.6) is 0 Å². The highest BCUT2D eigenvalue weighted by molar-refractivity contribution is 9.10. The minimum absolute atomic E-state index is 0.0534. The second-order valence-corrected chi connectivity index (χ2v) is 5.48. The second kappa shape index (κ2) is 6.12. The predicted molar refractivity (Wildman–Crippen MR) is 77.1 cm³/mol. The number of imidazole rings is 1. The molecule has 2 aromatic rings. The zero-order valence-electron chi connectivity index (χ0n) is 11.7. The summed E-state index contributed by atoms with van der Waals surface area (Å²) in [7, 11) is 1.18. The Kier molecular flexibility index (Phi) is 4.60. The molecule has 0 aliphatic heterocycles. The zero-order chi connectivity index (χ0) is 16.5. The number of hydrogen-bond acceptors (Lipinski definition) is 3. The molecule has 0 fully saturated rings. The van der Waals surface area contributed by atoms with Crippen molar-refractivity contribution >= 4 is 21.9 Å². The minimum atomic E-state index is -4.59. The number of methoxy groups -OCH3 is 1. The molecule has 0 amide bonds. The van der Waals surface area contributed by atoms with E-state index in [4.69, 9.17) is 0 Å². The van der Waals surface area contributed by atoms with E-state index >= 15 is 0 Å². The van der Waals surface area contributed by atoms with Crippen LogP contribution in [0.4, 0.5) is 13.2 Å². The van der Waals surface area contributed by atoms with Gasteiger partial charge in [0.15, 0.2) is 5.69 Å². The normalized spacial score (nSPS) is 13.0. The lowest BCUT2D eigenvalue weighted by molar-refractivity contribution is -0.144. The Hall–Kier alpha value is -1.83. The largest absolute Gasteiger partial charge is 0.467 e. The van der Waals surface area contributed by atoms with Crippen LogP contribution in [-0.2, 0) is 15.7 Å². The highest BCUT2D eigenvalue weighted by atomic mass is 79.9. The van der Waals surface area contributed by atoms with Crippen LogP contribution in [0.2, 0.25) is 0 Å². The summed E-state index contributed by atoms with van der Waals surface area (Å²) >= 11 is 3.26. The molecule has 1 aromatic carbocycles. The monoisotopic (exact) mass is 376 g/mol. The lowest BCUT2D eigenvalue weighted by Gasteiger charge is -2.14. The average molecular weight is 377 g/mol. The third kappa shape index (κ3) is 3.32. The molecule has 0 aliphatic rings. The quantitative estimate of drug-likeness (QED) is 0.758. The summed E-state index contributed by atoms with van der Waals surface area (Å²) in [4.78, 5) is 15.3. The van der Waals surface area contributed by atoms with Gasteiger partial charge in [-0.2, -0.15) is 13.2 Å². The molecule has 0 radical (unpaired) electrons. The third-order valence-corrected chi connectivity index (χ3v) is 3.61. The molecule has 0 bridgehead atoms. The van der Waals surface area contributed by atoms with Gasteiger partial charge >= 0.3 is 12.1 Å². The number of nitrogens with zero attached hydrogens (tertiary/aromatic N) is 2. The van der Waals surface area contributed by atoms with Gasteiger partial charge in [0.05, 0.1) is 7.11 Å². The topological polar surface area (TPSA) is 44.1 Å². The lowest BCUT2D eigenvalue weighted by atomic mass is 10.2. The van der Waals surface area contributed by atoms with Gasteiger partial charge in [-0.05, 0) is 19.1 Å². The molecule has 1 heterocycles. The highest BCUT2D eigenvalue weighted by Crippen LogP contribution is 2.33. The first-order valence-corrected chi connectivity index (χ1v) is 7.03. The van der Waals surface area contributed by atoms with Crippen LogP contribution < -0.4 is 0 Å². The fourth-order valence-corrected chi connectivity index (χ4v) is 2.19. The molecule has 118 valence electrons. The maximum absolute atomic E-state index is 12.9. The summed E-state index contributed by atoms with van der Waals surface area (Å²) in [5, 5.41) is 0. The van der Waals surface area contributed by atoms with E-state index in [-0.39, 0.29) is 5.82 Å². The van der Waals surface area contributed by atoms with Gasteiger partial charge in [-0.25, -0.2) is 9.78 Å². The van der Waals surface area contributed by atoms with E-state index in [2.05, 4.69) is 25.7 Å². The lowest BCUT2D eigenvalue weighted by Crippen LogP contribution is -2.18. The fourth-order valence-electron chi connectivity index (χ4n) is 1.92. The van der Waals surface area contributed by atoms with Crippen molar-refractivity contribution in [2.24, 2.45) is 0 Å². The van der Waals surface area contributed by atoms with Gasteiger partial charge in [0.25, 0.3) is 0 Å². The van der Waals surface area contributed by atoms with Gasteiger partial charge in [-0.3, -0.25) is 0 Å². The van der Waals surface area contributed by atoms with Crippen molar-refractivity contribution in [3.05, 3.63) is 40.6 Å². The molecule has 1 atom stereocenters. The van der Waals surface area contributed by atoms with E-state index in [1.807, 2.05) is 0 Å². The summed E-state index contributed by atoms with van der Waals surface area (Å²) in [5.74, 6) is -0.595. The number of aromatic nitrogens is 2. The Morgan fingerprint density at radius 2 is 1.91 bits per heavy atom. The van der Waals surface area contributed by atoms with Gasteiger partial charge in [-0.1, -0.05) is 28.1 Å². The predicted octanol–water partition coefficient (Wildman–Crippen LogP) is 4.07. The molecule has 1 aromatic heterocycles. The fraction of sp³-hybridized carbons (Fsp3) is 0.286. The van der Waals surface area contributed by atoms with E-state index in [9.17, 15) is 18.0 Å². The molecule has 0 saturated carbocycles. The first-order chi connectivity index (χ1) is 10.2. The number of carbonyl (C=O) groups excluding carboxylic acids is 1. The first-order valence-electron chi connectivity index (χ1n) is 6.24. The smallest absolute Gasteiger partial charge is 0.434 e. The van der Waals surface area contributed by atoms with Crippen molar-refractivity contribution in [3.63, 3.8) is 0 Å². The molecular weight excluding hydrogens is 365 g/mol. The van der Waals surface area contributed by atoms with E-state index in [1.54, 1.807) is 24.3 Å². The first kappa shape index (κ1) is 16.5. The summed E-state index contributed by atoms with van der Waals surface area (Å²) in [6.07, 6.45) is -3.77. The standard InChI is InChI=1S/C14H12BrF3N2O2/c1-8(13(21)22-2)20-7-11(14(16,17)18)19-12(20)9-3-5-10(15)6-4-9/h3-8H,1-2H3. The Morgan fingerprint density at radius 1 is 1.32 bits per heavy atom. The average Bonchev–Trinajstić information content (AvgIpc) is 2.91. The van der Waals surface area contributed by atoms with Crippen LogP contribution >= 0.6 is 15.9 Å². The molecule has 1 unspecified atom stereocenters. The number of hydrogen-bond donors (Lipinski definition) is 0. The molecular formula is C14H12BrF3N2O2. The molecule has 4 nitrogen and oxygen atoms in total. The van der Waals surface area contributed by atoms with Crippen molar-refractivity contribution in [1.29, 1.82) is 0 Å². The molecule has 0 spiro atoms. The Labute approximate surface area is 133 Å². The summed E-state index contributed by atoms with van der Waals surface area (Å²) in [6, 6.07) is 5.68. The van der Waals surface area contributed by atoms with E-state index in [0.29, 0.717) is 5.56 Å². The van der Waals surface area contributed by atoms with Gasteiger partial charge in [0.1, 0.15) is 11.9 Å². The van der Waals surface area contributed by atoms with Crippen molar-refractivity contribution in [3.8, 4) is 11.4 Å². The van der Waals surface area contributed by atoms with E-state index in [0.717, 1.165) is 15.2 Å². The number of ether oxygens (including phenoxy) is 1. The van der Waals surface area contributed by atoms with E-state index < -0.39 is 23.9 Å². The number of alkyl halides is 3. The van der Waals surface area contributed by atoms with Crippen LogP contribution in [-0.4, -0.2) is 22.6 Å². The second-order valence-electron chi connectivity index (χ2n) is 4.56. The maximum Gasteiger partial charge on any atom is 0.434 e. The van der Waals surface area contributed by atoms with Crippen molar-refractivity contribution in [2.75, 3.05) is 7.11 Å². The van der Waals surface area contributed by atoms with Crippen molar-refractivity contribution in [2.45, 2.75) is 19.1 Å². The van der Waals surface area contributed by atoms with Gasteiger partial charge in [-0.15, -0.1) is 0 Å². The summed E-state index contributed by atoms with van der Waals surface area (Å²) < 4.78 is 45.3. The zero-order valence-corrected chi connectivity index (χ0v) is 13.3. The van der Waals surface area contributed by atoms with Crippen LogP contribution in [0, 0.1) is 0 Å². The SMILES string of the molecule is COC(=O)C(C)n1cc(C(F)(F)F)nc1-c1ccc(Br)cc1. The number of esters is 1. The number of halogens is 4. The third-order valence-electron chi connectivity index (χ3n) is 3.08. The Bertz CT molecular complexity index is 680. The number of carbonyl (C=O) groups is 1. The number of benzene rings is 1. The molecule has 8 heteroatoms. The van der Waals surface area contributed by atoms with Crippen molar-refractivity contribution < 1.29 is 22.7 Å². The molecule has 0 saturated heterocycles. The van der Waals surface area contributed by atoms with Crippen LogP contribution in [0.3, 0.4) is 0 Å². The van der Waals surface area contributed by atoms with Crippen LogP contribution in [0.15, 0.2) is 34.9 Å². The molecule has 0 aliphatic carbocycles. The molecule has 2 rings (SSSR count). The number of rotatable bonds is 3. The van der Waals surface area contributed by atoms with Crippen LogP contribution in [0.1, 0.15) is 18.7 Å². The highest BCUT2D eigenvalue weighted by Gasteiger charge is 2.36. The molecule has 0 N–H and O–H groups in total. The maximum atomic E-state index is 12.9. The van der Waals surface area contributed by atoms with Crippen LogP contribution in [0.25, 0.3) is 11.4 Å². The molecule has 22 heavy (non-hydrogen) atoms. The Balaban J connectivity index is 2.57. The summed E-state index contributed by atoms with van der Waals surface area (Å²) in [5.41, 5.74) is -0.587. The van der Waals surface area contributed by atoms with Gasteiger partial charge in [0.2, 0.25) is 0 Å². The minimum Gasteiger partial charge on any atom is -0.467 e. The summed E-state index contributed by atoms with van der Waals surface area (Å²) in [6.45, 7) is 1.45. The van der Waals surface area contributed by atoms with Crippen molar-refractivity contribution in [1.82, 2.24) is 9.55 Å². The van der Waals surface area contributed by atoms with E-state index in [1.165, 1.54) is 14.0 Å². The Morgan fingerprint density at radius 3 is 2.41 bits per heavy atom.